The van der Waals surface area contributed by atoms with Crippen LogP contribution in [0.5, 0.6) is 11.5 Å². The Morgan fingerprint density at radius 2 is 1.55 bits per heavy atom. The summed E-state index contributed by atoms with van der Waals surface area (Å²) in [6, 6.07) is 15.9. The van der Waals surface area contributed by atoms with E-state index in [0.717, 1.165) is 29.4 Å². The number of benzene rings is 2. The summed E-state index contributed by atoms with van der Waals surface area (Å²) in [5.74, 6) is 4.56. The van der Waals surface area contributed by atoms with E-state index in [2.05, 4.69) is 35.2 Å². The highest BCUT2D eigenvalue weighted by Gasteiger charge is 2.43. The van der Waals surface area contributed by atoms with Crippen LogP contribution in [0.2, 0.25) is 0 Å². The summed E-state index contributed by atoms with van der Waals surface area (Å²) < 4.78 is 11.1. The number of ether oxygens (including phenoxy) is 2. The lowest BCUT2D eigenvalue weighted by molar-refractivity contribution is 0.110. The zero-order valence-corrected chi connectivity index (χ0v) is 17.8. The Morgan fingerprint density at radius 3 is 2.17 bits per heavy atom. The van der Waals surface area contributed by atoms with E-state index < -0.39 is 0 Å². The monoisotopic (exact) mass is 391 g/mol. The molecule has 0 radical (unpaired) electrons. The van der Waals surface area contributed by atoms with E-state index >= 15 is 0 Å². The van der Waals surface area contributed by atoms with E-state index in [1.54, 1.807) is 14.2 Å². The zero-order chi connectivity index (χ0) is 19.8. The molecule has 3 nitrogen and oxygen atoms in total. The van der Waals surface area contributed by atoms with Gasteiger partial charge in [-0.25, -0.2) is 0 Å². The molecule has 1 saturated heterocycles. The highest BCUT2D eigenvalue weighted by Crippen LogP contribution is 2.48. The van der Waals surface area contributed by atoms with E-state index in [9.17, 15) is 0 Å². The molecule has 2 aromatic carbocycles. The molecule has 2 bridgehead atoms. The summed E-state index contributed by atoms with van der Waals surface area (Å²) in [5, 5.41) is 0. The van der Waals surface area contributed by atoms with E-state index in [1.165, 1.54) is 68.3 Å². The van der Waals surface area contributed by atoms with Crippen molar-refractivity contribution in [3.8, 4) is 22.6 Å². The van der Waals surface area contributed by atoms with Gasteiger partial charge in [0.25, 0.3) is 0 Å². The number of likely N-dealkylation sites (tertiary alicyclic amines) is 1. The molecule has 29 heavy (non-hydrogen) atoms. The average molecular weight is 392 g/mol. The van der Waals surface area contributed by atoms with E-state index in [-0.39, 0.29) is 0 Å². The highest BCUT2D eigenvalue weighted by atomic mass is 16.5. The summed E-state index contributed by atoms with van der Waals surface area (Å²) in [7, 11) is 3.51. The summed E-state index contributed by atoms with van der Waals surface area (Å²) in [5.41, 5.74) is 3.88. The lowest BCUT2D eigenvalue weighted by Crippen LogP contribution is -2.43. The van der Waals surface area contributed by atoms with Crippen molar-refractivity contribution in [2.45, 2.75) is 50.5 Å². The molecular formula is C26H33NO2. The van der Waals surface area contributed by atoms with Crippen LogP contribution in [0, 0.1) is 11.8 Å². The molecule has 2 aromatic rings. The van der Waals surface area contributed by atoms with Crippen LogP contribution in [0.15, 0.2) is 42.5 Å². The second kappa shape index (κ2) is 8.02. The number of nitrogens with zero attached hydrogens (tertiary/aromatic N) is 1. The van der Waals surface area contributed by atoms with Gasteiger partial charge in [0.05, 0.1) is 14.2 Å². The fraction of sp³-hybridized carbons (Fsp3) is 0.538. The van der Waals surface area contributed by atoms with Gasteiger partial charge in [-0.05, 0) is 104 Å². The maximum atomic E-state index is 5.76. The van der Waals surface area contributed by atoms with Gasteiger partial charge in [0.15, 0.2) is 0 Å². The standard InChI is InChI=1S/C26H33NO2/c1-28-23-8-5-19(6-9-23)21-7-10-26(29-2)24(17-21)20-11-13-27(14-12-20)25-16-18-3-4-22(25)15-18/h5-10,17-18,20,22,25H,3-4,11-16H2,1-2H3/t18-,22-,25-/m0/s1. The molecule has 0 aromatic heterocycles. The predicted molar refractivity (Wildman–Crippen MR) is 118 cm³/mol. The summed E-state index contributed by atoms with van der Waals surface area (Å²) in [4.78, 5) is 2.82. The van der Waals surface area contributed by atoms with E-state index in [1.807, 2.05) is 12.1 Å². The van der Waals surface area contributed by atoms with Crippen LogP contribution in [0.3, 0.4) is 0 Å². The Morgan fingerprint density at radius 1 is 0.793 bits per heavy atom. The Balaban J connectivity index is 1.32. The minimum Gasteiger partial charge on any atom is -0.497 e. The third kappa shape index (κ3) is 3.66. The van der Waals surface area contributed by atoms with E-state index in [0.29, 0.717) is 5.92 Å². The molecule has 2 saturated carbocycles. The molecule has 2 aliphatic carbocycles. The minimum absolute atomic E-state index is 0.595. The summed E-state index contributed by atoms with van der Waals surface area (Å²) in [6.45, 7) is 2.49. The Hall–Kier alpha value is -2.00. The zero-order valence-electron chi connectivity index (χ0n) is 17.8. The molecule has 3 atom stereocenters. The first-order chi connectivity index (χ1) is 14.2. The lowest BCUT2D eigenvalue weighted by atomic mass is 9.85. The largest absolute Gasteiger partial charge is 0.497 e. The summed E-state index contributed by atoms with van der Waals surface area (Å²) >= 11 is 0. The number of piperidine rings is 1. The normalized spacial score (nSPS) is 27.3. The van der Waals surface area contributed by atoms with Crippen molar-refractivity contribution in [2.24, 2.45) is 11.8 Å². The Labute approximate surface area is 175 Å². The molecule has 0 amide bonds. The number of fused-ring (bicyclic) bond motifs is 2. The first-order valence-electron chi connectivity index (χ1n) is 11.3. The maximum absolute atomic E-state index is 5.76. The maximum Gasteiger partial charge on any atom is 0.122 e. The molecule has 3 fully saturated rings. The second-order valence-electron chi connectivity index (χ2n) is 9.24. The fourth-order valence-corrected chi connectivity index (χ4v) is 6.22. The molecule has 5 rings (SSSR count). The van der Waals surface area contributed by atoms with E-state index in [4.69, 9.17) is 9.47 Å². The van der Waals surface area contributed by atoms with Gasteiger partial charge in [0.2, 0.25) is 0 Å². The van der Waals surface area contributed by atoms with Gasteiger partial charge in [0.1, 0.15) is 11.5 Å². The van der Waals surface area contributed by atoms with Gasteiger partial charge in [-0.1, -0.05) is 24.6 Å². The molecule has 3 aliphatic rings. The van der Waals surface area contributed by atoms with Gasteiger partial charge in [0, 0.05) is 6.04 Å². The Kier molecular flexibility index (Phi) is 5.26. The van der Waals surface area contributed by atoms with Gasteiger partial charge in [-0.15, -0.1) is 0 Å². The van der Waals surface area contributed by atoms with Crippen LogP contribution in [-0.2, 0) is 0 Å². The number of methoxy groups -OCH3 is 2. The van der Waals surface area contributed by atoms with Crippen LogP contribution < -0.4 is 9.47 Å². The molecule has 0 unspecified atom stereocenters. The first-order valence-corrected chi connectivity index (χ1v) is 11.3. The van der Waals surface area contributed by atoms with Gasteiger partial charge in [-0.3, -0.25) is 0 Å². The van der Waals surface area contributed by atoms with Crippen molar-refractivity contribution in [3.63, 3.8) is 0 Å². The van der Waals surface area contributed by atoms with Crippen molar-refractivity contribution >= 4 is 0 Å². The van der Waals surface area contributed by atoms with Crippen LogP contribution >= 0.6 is 0 Å². The SMILES string of the molecule is COc1ccc(-c2ccc(OC)c(C3CCN([C@H]4C[C@H]5CC[C@H]4C5)CC3)c2)cc1. The molecular weight excluding hydrogens is 358 g/mol. The first kappa shape index (κ1) is 19.0. The summed E-state index contributed by atoms with van der Waals surface area (Å²) in [6.07, 6.45) is 8.43. The average Bonchev–Trinajstić information content (AvgIpc) is 3.43. The van der Waals surface area contributed by atoms with Crippen LogP contribution in [0.1, 0.15) is 50.0 Å². The smallest absolute Gasteiger partial charge is 0.122 e. The highest BCUT2D eigenvalue weighted by molar-refractivity contribution is 5.66. The third-order valence-corrected chi connectivity index (χ3v) is 7.79. The predicted octanol–water partition coefficient (Wildman–Crippen LogP) is 5.74. The van der Waals surface area contributed by atoms with Crippen LogP contribution in [-0.4, -0.2) is 38.3 Å². The molecule has 0 spiro atoms. The van der Waals surface area contributed by atoms with Gasteiger partial charge >= 0.3 is 0 Å². The van der Waals surface area contributed by atoms with Crippen molar-refractivity contribution in [1.82, 2.24) is 4.90 Å². The minimum atomic E-state index is 0.595. The Bertz CT molecular complexity index is 838. The van der Waals surface area contributed by atoms with Crippen molar-refractivity contribution in [1.29, 1.82) is 0 Å². The lowest BCUT2D eigenvalue weighted by Gasteiger charge is -2.40. The quantitative estimate of drug-likeness (QED) is 0.649. The molecule has 154 valence electrons. The van der Waals surface area contributed by atoms with Crippen molar-refractivity contribution in [2.75, 3.05) is 27.3 Å². The second-order valence-corrected chi connectivity index (χ2v) is 9.24. The van der Waals surface area contributed by atoms with Gasteiger partial charge in [-0.2, -0.15) is 0 Å². The number of hydrogen-bond acceptors (Lipinski definition) is 3. The molecule has 0 N–H and O–H groups in total. The molecule has 3 heteroatoms. The van der Waals surface area contributed by atoms with Crippen LogP contribution in [0.25, 0.3) is 11.1 Å². The van der Waals surface area contributed by atoms with Crippen molar-refractivity contribution < 1.29 is 9.47 Å². The molecule has 1 heterocycles. The third-order valence-electron chi connectivity index (χ3n) is 7.79. The molecule has 1 aliphatic heterocycles. The van der Waals surface area contributed by atoms with Gasteiger partial charge < -0.3 is 14.4 Å². The fourth-order valence-electron chi connectivity index (χ4n) is 6.22. The number of hydrogen-bond donors (Lipinski definition) is 0. The number of rotatable bonds is 5. The van der Waals surface area contributed by atoms with Crippen LogP contribution in [0.4, 0.5) is 0 Å². The topological polar surface area (TPSA) is 21.7 Å². The van der Waals surface area contributed by atoms with Crippen molar-refractivity contribution in [3.05, 3.63) is 48.0 Å².